The van der Waals surface area contributed by atoms with Crippen LogP contribution in [-0.4, -0.2) is 16.2 Å². The van der Waals surface area contributed by atoms with E-state index >= 15 is 0 Å². The van der Waals surface area contributed by atoms with E-state index in [9.17, 15) is 0 Å². The fourth-order valence-corrected chi connectivity index (χ4v) is 1.92. The van der Waals surface area contributed by atoms with Crippen molar-refractivity contribution >= 4 is 0 Å². The summed E-state index contributed by atoms with van der Waals surface area (Å²) in [7, 11) is 0. The Labute approximate surface area is 102 Å². The summed E-state index contributed by atoms with van der Waals surface area (Å²) in [5.74, 6) is 0.982. The lowest BCUT2D eigenvalue weighted by Crippen LogP contribution is -2.10. The van der Waals surface area contributed by atoms with Crippen molar-refractivity contribution in [1.82, 2.24) is 9.55 Å². The van der Waals surface area contributed by atoms with Crippen molar-refractivity contribution in [2.45, 2.75) is 26.5 Å². The van der Waals surface area contributed by atoms with Crippen LogP contribution >= 0.6 is 0 Å². The Bertz CT molecular complexity index is 450. The molecule has 17 heavy (non-hydrogen) atoms. The Balaban J connectivity index is 2.14. The lowest BCUT2D eigenvalue weighted by Gasteiger charge is -2.14. The first-order valence-electron chi connectivity index (χ1n) is 5.97. The Kier molecular flexibility index (Phi) is 3.94. The minimum Gasteiger partial charge on any atom is -0.371 e. The van der Waals surface area contributed by atoms with Gasteiger partial charge in [-0.3, -0.25) is 0 Å². The number of rotatable bonds is 5. The fraction of sp³-hybridized carbons (Fsp3) is 0.357. The van der Waals surface area contributed by atoms with Crippen molar-refractivity contribution in [1.29, 1.82) is 0 Å². The van der Waals surface area contributed by atoms with E-state index in [4.69, 9.17) is 4.74 Å². The largest absolute Gasteiger partial charge is 0.371 e. The molecule has 0 amide bonds. The highest BCUT2D eigenvalue weighted by molar-refractivity contribution is 5.16. The summed E-state index contributed by atoms with van der Waals surface area (Å²) in [5.41, 5.74) is 1.27. The standard InChI is InChI=1S/C14H18N2O/c1-3-17-12(2)14-15-9-10-16(14)11-13-7-5-4-6-8-13/h4-10,12H,3,11H2,1-2H3. The Morgan fingerprint density at radius 2 is 2.06 bits per heavy atom. The van der Waals surface area contributed by atoms with E-state index in [1.807, 2.05) is 32.3 Å². The maximum atomic E-state index is 5.58. The van der Waals surface area contributed by atoms with E-state index in [0.717, 1.165) is 12.4 Å². The van der Waals surface area contributed by atoms with Crippen molar-refractivity contribution in [3.63, 3.8) is 0 Å². The van der Waals surface area contributed by atoms with Gasteiger partial charge in [-0.2, -0.15) is 0 Å². The Hall–Kier alpha value is -1.61. The molecule has 2 aromatic rings. The number of aromatic nitrogens is 2. The predicted octanol–water partition coefficient (Wildman–Crippen LogP) is 3.03. The van der Waals surface area contributed by atoms with Gasteiger partial charge in [0.2, 0.25) is 0 Å². The van der Waals surface area contributed by atoms with Crippen LogP contribution in [-0.2, 0) is 11.3 Å². The van der Waals surface area contributed by atoms with Crippen molar-refractivity contribution in [3.8, 4) is 0 Å². The summed E-state index contributed by atoms with van der Waals surface area (Å²) in [6.07, 6.45) is 3.87. The number of imidazole rings is 1. The van der Waals surface area contributed by atoms with Crippen LogP contribution in [0.2, 0.25) is 0 Å². The van der Waals surface area contributed by atoms with Crippen LogP contribution < -0.4 is 0 Å². The molecule has 2 rings (SSSR count). The van der Waals surface area contributed by atoms with Crippen molar-refractivity contribution in [3.05, 3.63) is 54.1 Å². The molecule has 0 aliphatic rings. The van der Waals surface area contributed by atoms with Crippen LogP contribution in [0.5, 0.6) is 0 Å². The summed E-state index contributed by atoms with van der Waals surface area (Å²) in [5, 5.41) is 0. The summed E-state index contributed by atoms with van der Waals surface area (Å²) < 4.78 is 7.72. The first-order valence-corrected chi connectivity index (χ1v) is 5.97. The summed E-state index contributed by atoms with van der Waals surface area (Å²) >= 11 is 0. The van der Waals surface area contributed by atoms with Gasteiger partial charge in [-0.25, -0.2) is 4.98 Å². The summed E-state index contributed by atoms with van der Waals surface area (Å²) in [6.45, 7) is 5.58. The molecule has 1 unspecified atom stereocenters. The zero-order valence-corrected chi connectivity index (χ0v) is 10.3. The highest BCUT2D eigenvalue weighted by Gasteiger charge is 2.11. The second kappa shape index (κ2) is 5.64. The third-order valence-electron chi connectivity index (χ3n) is 2.72. The molecule has 0 saturated heterocycles. The lowest BCUT2D eigenvalue weighted by atomic mass is 10.2. The average Bonchev–Trinajstić information content (AvgIpc) is 2.79. The normalized spacial score (nSPS) is 12.6. The molecule has 3 heteroatoms. The van der Waals surface area contributed by atoms with Gasteiger partial charge in [0.05, 0.1) is 0 Å². The highest BCUT2D eigenvalue weighted by Crippen LogP contribution is 2.15. The molecule has 0 aliphatic carbocycles. The molecule has 3 nitrogen and oxygen atoms in total. The van der Waals surface area contributed by atoms with E-state index in [1.54, 1.807) is 0 Å². The van der Waals surface area contributed by atoms with Crippen molar-refractivity contribution in [2.75, 3.05) is 6.61 Å². The van der Waals surface area contributed by atoms with Gasteiger partial charge in [0, 0.05) is 25.5 Å². The van der Waals surface area contributed by atoms with Crippen molar-refractivity contribution < 1.29 is 4.74 Å². The fourth-order valence-electron chi connectivity index (χ4n) is 1.92. The molecule has 1 aromatic carbocycles. The molecule has 0 saturated carbocycles. The van der Waals surface area contributed by atoms with E-state index in [0.29, 0.717) is 6.61 Å². The van der Waals surface area contributed by atoms with E-state index in [2.05, 4.69) is 33.8 Å². The zero-order chi connectivity index (χ0) is 12.1. The topological polar surface area (TPSA) is 27.1 Å². The average molecular weight is 230 g/mol. The van der Waals surface area contributed by atoms with Crippen LogP contribution in [0.3, 0.4) is 0 Å². The molecule has 0 bridgehead atoms. The highest BCUT2D eigenvalue weighted by atomic mass is 16.5. The third kappa shape index (κ3) is 2.94. The van der Waals surface area contributed by atoms with Crippen LogP contribution in [0.4, 0.5) is 0 Å². The first kappa shape index (κ1) is 11.9. The minimum atomic E-state index is 0.0405. The van der Waals surface area contributed by atoms with Crippen LogP contribution in [0, 0.1) is 0 Å². The number of hydrogen-bond donors (Lipinski definition) is 0. The first-order chi connectivity index (χ1) is 8.31. The second-order valence-corrected chi connectivity index (χ2v) is 4.00. The Morgan fingerprint density at radius 3 is 2.76 bits per heavy atom. The van der Waals surface area contributed by atoms with Gasteiger partial charge in [0.25, 0.3) is 0 Å². The quantitative estimate of drug-likeness (QED) is 0.789. The number of hydrogen-bond acceptors (Lipinski definition) is 2. The molecule has 0 radical (unpaired) electrons. The van der Waals surface area contributed by atoms with Gasteiger partial charge in [-0.15, -0.1) is 0 Å². The second-order valence-electron chi connectivity index (χ2n) is 4.00. The molecule has 0 N–H and O–H groups in total. The van der Waals surface area contributed by atoms with Crippen molar-refractivity contribution in [2.24, 2.45) is 0 Å². The summed E-state index contributed by atoms with van der Waals surface area (Å²) in [4.78, 5) is 4.37. The number of nitrogens with zero attached hydrogens (tertiary/aromatic N) is 2. The van der Waals surface area contributed by atoms with Crippen LogP contribution in [0.15, 0.2) is 42.7 Å². The molecule has 1 heterocycles. The molecule has 0 aliphatic heterocycles. The van der Waals surface area contributed by atoms with Crippen LogP contribution in [0.25, 0.3) is 0 Å². The van der Waals surface area contributed by atoms with Gasteiger partial charge in [-0.1, -0.05) is 30.3 Å². The molecular formula is C14H18N2O. The molecule has 1 atom stereocenters. The van der Waals surface area contributed by atoms with E-state index < -0.39 is 0 Å². The molecule has 0 fully saturated rings. The Morgan fingerprint density at radius 1 is 1.29 bits per heavy atom. The van der Waals surface area contributed by atoms with Gasteiger partial charge < -0.3 is 9.30 Å². The lowest BCUT2D eigenvalue weighted by molar-refractivity contribution is 0.0677. The summed E-state index contributed by atoms with van der Waals surface area (Å²) in [6, 6.07) is 10.4. The van der Waals surface area contributed by atoms with Gasteiger partial charge in [0.15, 0.2) is 0 Å². The smallest absolute Gasteiger partial charge is 0.137 e. The number of benzene rings is 1. The zero-order valence-electron chi connectivity index (χ0n) is 10.3. The van der Waals surface area contributed by atoms with E-state index in [1.165, 1.54) is 5.56 Å². The minimum absolute atomic E-state index is 0.0405. The van der Waals surface area contributed by atoms with Gasteiger partial charge in [-0.05, 0) is 19.4 Å². The molecule has 1 aromatic heterocycles. The van der Waals surface area contributed by atoms with Crippen LogP contribution in [0.1, 0.15) is 31.3 Å². The molecule has 0 spiro atoms. The molecule has 90 valence electrons. The monoisotopic (exact) mass is 230 g/mol. The molecular weight excluding hydrogens is 212 g/mol. The predicted molar refractivity (Wildman–Crippen MR) is 67.8 cm³/mol. The SMILES string of the molecule is CCOC(C)c1nccn1Cc1ccccc1. The maximum absolute atomic E-state index is 5.58. The number of ether oxygens (including phenoxy) is 1. The third-order valence-corrected chi connectivity index (χ3v) is 2.72. The van der Waals surface area contributed by atoms with Gasteiger partial charge >= 0.3 is 0 Å². The van der Waals surface area contributed by atoms with E-state index in [-0.39, 0.29) is 6.10 Å². The maximum Gasteiger partial charge on any atom is 0.137 e. The van der Waals surface area contributed by atoms with Gasteiger partial charge in [0.1, 0.15) is 11.9 Å².